The summed E-state index contributed by atoms with van der Waals surface area (Å²) in [4.78, 5) is 36.6. The highest BCUT2D eigenvalue weighted by Gasteiger charge is 2.35. The Hall–Kier alpha value is -3.15. The maximum Gasteiger partial charge on any atom is 0.328 e. The van der Waals surface area contributed by atoms with E-state index in [0.29, 0.717) is 0 Å². The van der Waals surface area contributed by atoms with E-state index < -0.39 is 23.9 Å². The maximum atomic E-state index is 13.1. The Bertz CT molecular complexity index is 831. The van der Waals surface area contributed by atoms with Gasteiger partial charge in [0.2, 0.25) is 5.91 Å². The second-order valence-corrected chi connectivity index (χ2v) is 6.31. The van der Waals surface area contributed by atoms with Crippen LogP contribution in [-0.2, 0) is 23.9 Å². The average molecular weight is 367 g/mol. The van der Waals surface area contributed by atoms with E-state index >= 15 is 0 Å². The molecule has 0 saturated carbocycles. The summed E-state index contributed by atoms with van der Waals surface area (Å²) in [5.74, 6) is -1.85. The molecule has 0 aliphatic heterocycles. The number of hydrogen-bond acceptors (Lipinski definition) is 5. The number of fused-ring (bicyclic) bond motifs is 3. The minimum atomic E-state index is -0.915. The monoisotopic (exact) mass is 367 g/mol. The molecule has 2 aromatic rings. The van der Waals surface area contributed by atoms with Gasteiger partial charge in [-0.1, -0.05) is 48.5 Å². The molecule has 0 bridgehead atoms. The van der Waals surface area contributed by atoms with Gasteiger partial charge in [-0.3, -0.25) is 9.59 Å². The normalized spacial score (nSPS) is 13.3. The first-order chi connectivity index (χ1) is 13.1. The van der Waals surface area contributed by atoms with Crippen molar-refractivity contribution in [3.8, 4) is 11.1 Å². The fourth-order valence-corrected chi connectivity index (χ4v) is 3.45. The summed E-state index contributed by atoms with van der Waals surface area (Å²) in [6, 6.07) is 14.5. The first kappa shape index (κ1) is 18.6. The van der Waals surface area contributed by atoms with Crippen LogP contribution in [0.25, 0.3) is 11.1 Å². The Morgan fingerprint density at radius 3 is 2.00 bits per heavy atom. The molecular formula is C21H21NO5. The molecule has 1 N–H and O–H groups in total. The molecule has 3 rings (SSSR count). The molecule has 1 aliphatic carbocycles. The van der Waals surface area contributed by atoms with E-state index in [4.69, 9.17) is 4.74 Å². The first-order valence-corrected chi connectivity index (χ1v) is 8.70. The minimum Gasteiger partial charge on any atom is -0.469 e. The smallest absolute Gasteiger partial charge is 0.328 e. The molecule has 1 aliphatic rings. The van der Waals surface area contributed by atoms with Crippen LogP contribution in [0, 0.1) is 0 Å². The predicted octanol–water partition coefficient (Wildman–Crippen LogP) is 2.41. The lowest BCUT2D eigenvalue weighted by Gasteiger charge is -2.20. The Balaban J connectivity index is 1.86. The van der Waals surface area contributed by atoms with Gasteiger partial charge in [-0.2, -0.15) is 0 Å². The van der Waals surface area contributed by atoms with Crippen molar-refractivity contribution < 1.29 is 23.9 Å². The summed E-state index contributed by atoms with van der Waals surface area (Å²) in [6.45, 7) is 0. The van der Waals surface area contributed by atoms with Gasteiger partial charge in [0, 0.05) is 6.42 Å². The van der Waals surface area contributed by atoms with Crippen LogP contribution in [0.5, 0.6) is 0 Å². The Morgan fingerprint density at radius 2 is 1.48 bits per heavy atom. The minimum absolute atomic E-state index is 0.00832. The summed E-state index contributed by atoms with van der Waals surface area (Å²) < 4.78 is 9.38. The van der Waals surface area contributed by atoms with Crippen molar-refractivity contribution in [3.63, 3.8) is 0 Å². The molecule has 27 heavy (non-hydrogen) atoms. The fourth-order valence-electron chi connectivity index (χ4n) is 3.45. The fraction of sp³-hybridized carbons (Fsp3) is 0.286. The molecule has 2 aromatic carbocycles. The number of nitrogens with one attached hydrogen (secondary N) is 1. The van der Waals surface area contributed by atoms with Crippen LogP contribution in [0.1, 0.15) is 29.9 Å². The zero-order valence-corrected chi connectivity index (χ0v) is 15.2. The van der Waals surface area contributed by atoms with Gasteiger partial charge in [0.15, 0.2) is 0 Å². The third-order valence-electron chi connectivity index (χ3n) is 4.76. The lowest BCUT2D eigenvalue weighted by atomic mass is 9.95. The molecule has 0 radical (unpaired) electrons. The van der Waals surface area contributed by atoms with E-state index in [2.05, 4.69) is 10.1 Å². The van der Waals surface area contributed by atoms with Crippen molar-refractivity contribution in [2.75, 3.05) is 14.2 Å². The van der Waals surface area contributed by atoms with Crippen molar-refractivity contribution in [2.45, 2.75) is 24.8 Å². The molecule has 140 valence electrons. The van der Waals surface area contributed by atoms with E-state index in [1.165, 1.54) is 14.2 Å². The van der Waals surface area contributed by atoms with Crippen molar-refractivity contribution in [3.05, 3.63) is 59.7 Å². The molecule has 0 fully saturated rings. The van der Waals surface area contributed by atoms with Crippen molar-refractivity contribution >= 4 is 17.8 Å². The largest absolute Gasteiger partial charge is 0.469 e. The maximum absolute atomic E-state index is 13.1. The van der Waals surface area contributed by atoms with E-state index in [9.17, 15) is 14.4 Å². The Labute approximate surface area is 157 Å². The number of methoxy groups -OCH3 is 2. The number of benzene rings is 2. The third kappa shape index (κ3) is 3.69. The highest BCUT2D eigenvalue weighted by molar-refractivity contribution is 5.97. The third-order valence-corrected chi connectivity index (χ3v) is 4.76. The van der Waals surface area contributed by atoms with E-state index in [0.717, 1.165) is 22.3 Å². The van der Waals surface area contributed by atoms with Gasteiger partial charge < -0.3 is 14.8 Å². The van der Waals surface area contributed by atoms with Gasteiger partial charge in [0.25, 0.3) is 0 Å². The molecule has 1 atom stereocenters. The van der Waals surface area contributed by atoms with Gasteiger partial charge in [-0.25, -0.2) is 4.79 Å². The molecule has 6 nitrogen and oxygen atoms in total. The van der Waals surface area contributed by atoms with Crippen molar-refractivity contribution in [1.82, 2.24) is 5.32 Å². The van der Waals surface area contributed by atoms with Crippen LogP contribution >= 0.6 is 0 Å². The number of carbonyl (C=O) groups is 3. The highest BCUT2D eigenvalue weighted by atomic mass is 16.5. The molecular weight excluding hydrogens is 346 g/mol. The molecule has 0 aromatic heterocycles. The quantitative estimate of drug-likeness (QED) is 0.793. The molecule has 0 spiro atoms. The summed E-state index contributed by atoms with van der Waals surface area (Å²) in [6.07, 6.45) is 0.121. The summed E-state index contributed by atoms with van der Waals surface area (Å²) >= 11 is 0. The number of amides is 1. The molecule has 0 saturated heterocycles. The lowest BCUT2D eigenvalue weighted by Crippen LogP contribution is -2.43. The topological polar surface area (TPSA) is 81.7 Å². The Kier molecular flexibility index (Phi) is 5.54. The predicted molar refractivity (Wildman–Crippen MR) is 98.9 cm³/mol. The van der Waals surface area contributed by atoms with Crippen LogP contribution in [0.3, 0.4) is 0 Å². The second kappa shape index (κ2) is 8.03. The zero-order chi connectivity index (χ0) is 19.4. The number of hydrogen-bond donors (Lipinski definition) is 1. The lowest BCUT2D eigenvalue weighted by molar-refractivity contribution is -0.146. The Morgan fingerprint density at radius 1 is 0.926 bits per heavy atom. The first-order valence-electron chi connectivity index (χ1n) is 8.70. The van der Waals surface area contributed by atoms with E-state index in [-0.39, 0.29) is 18.7 Å². The molecule has 0 heterocycles. The number of rotatable bonds is 6. The summed E-state index contributed by atoms with van der Waals surface area (Å²) in [5, 5.41) is 2.75. The van der Waals surface area contributed by atoms with Gasteiger partial charge >= 0.3 is 11.9 Å². The zero-order valence-electron chi connectivity index (χ0n) is 15.2. The van der Waals surface area contributed by atoms with Gasteiger partial charge in [0.05, 0.1) is 20.1 Å². The van der Waals surface area contributed by atoms with E-state index in [1.54, 1.807) is 0 Å². The van der Waals surface area contributed by atoms with Crippen LogP contribution in [0.15, 0.2) is 48.5 Å². The molecule has 1 amide bonds. The molecule has 6 heteroatoms. The van der Waals surface area contributed by atoms with Crippen molar-refractivity contribution in [2.24, 2.45) is 0 Å². The average Bonchev–Trinajstić information content (AvgIpc) is 3.04. The second-order valence-electron chi connectivity index (χ2n) is 6.31. The standard InChI is InChI=1S/C21H21NO5/c1-26-18(23)12-11-17(21(25)27-2)22-20(24)19-15-9-5-3-7-13(15)14-8-4-6-10-16(14)19/h3-10,17,19H,11-12H2,1-2H3,(H,22,24)/t17-/m0/s1. The van der Waals surface area contributed by atoms with Crippen molar-refractivity contribution in [1.29, 1.82) is 0 Å². The van der Waals surface area contributed by atoms with E-state index in [1.807, 2.05) is 48.5 Å². The van der Waals surface area contributed by atoms with Gasteiger partial charge in [0.1, 0.15) is 6.04 Å². The number of esters is 2. The summed E-state index contributed by atoms with van der Waals surface area (Å²) in [7, 11) is 2.53. The van der Waals surface area contributed by atoms with Gasteiger partial charge in [-0.15, -0.1) is 0 Å². The van der Waals surface area contributed by atoms with Crippen LogP contribution in [0.2, 0.25) is 0 Å². The SMILES string of the molecule is COC(=O)CC[C@H](NC(=O)C1c2ccccc2-c2ccccc21)C(=O)OC. The molecule has 0 unspecified atom stereocenters. The number of ether oxygens (including phenoxy) is 2. The summed E-state index contributed by atoms with van der Waals surface area (Å²) in [5.41, 5.74) is 3.82. The highest BCUT2D eigenvalue weighted by Crippen LogP contribution is 2.44. The van der Waals surface area contributed by atoms with Gasteiger partial charge in [-0.05, 0) is 28.7 Å². The van der Waals surface area contributed by atoms with Crippen LogP contribution in [-0.4, -0.2) is 38.1 Å². The van der Waals surface area contributed by atoms with Crippen LogP contribution in [0.4, 0.5) is 0 Å². The number of carbonyl (C=O) groups excluding carboxylic acids is 3. The van der Waals surface area contributed by atoms with Crippen LogP contribution < -0.4 is 5.32 Å².